The molecule has 5 nitrogen and oxygen atoms in total. The van der Waals surface area contributed by atoms with E-state index < -0.39 is 0 Å². The molecule has 0 bridgehead atoms. The Kier molecular flexibility index (Phi) is 4.39. The Morgan fingerprint density at radius 3 is 2.80 bits per heavy atom. The summed E-state index contributed by atoms with van der Waals surface area (Å²) < 4.78 is 0. The van der Waals surface area contributed by atoms with Crippen molar-refractivity contribution in [2.45, 2.75) is 25.8 Å². The molecule has 1 N–H and O–H groups in total. The molecule has 2 rings (SSSR count). The monoisotopic (exact) mass is 276 g/mol. The number of amides is 2. The van der Waals surface area contributed by atoms with Gasteiger partial charge in [0, 0.05) is 19.2 Å². The number of para-hydroxylation sites is 1. The first-order valence-electron chi connectivity index (χ1n) is 6.79. The number of benzene rings is 1. The third-order valence-electron chi connectivity index (χ3n) is 3.80. The zero-order valence-corrected chi connectivity index (χ0v) is 11.9. The second kappa shape index (κ2) is 6.05. The number of carbonyl (C=O) groups is 2. The van der Waals surface area contributed by atoms with E-state index in [-0.39, 0.29) is 31.0 Å². The van der Waals surface area contributed by atoms with Gasteiger partial charge in [-0.15, -0.1) is 0 Å². The number of likely N-dealkylation sites (N-methyl/N-ethyl adjacent to an activating group) is 1. The minimum absolute atomic E-state index is 0.0245. The SMILES string of the molecule is CC(CO)N(C)C(=O)CN1C(=O)CCc2ccccc21. The molecule has 2 amide bonds. The van der Waals surface area contributed by atoms with Gasteiger partial charge in [-0.25, -0.2) is 0 Å². The van der Waals surface area contributed by atoms with E-state index in [2.05, 4.69) is 0 Å². The van der Waals surface area contributed by atoms with Crippen molar-refractivity contribution in [1.82, 2.24) is 4.90 Å². The van der Waals surface area contributed by atoms with Crippen LogP contribution in [0.2, 0.25) is 0 Å². The number of fused-ring (bicyclic) bond motifs is 1. The van der Waals surface area contributed by atoms with Gasteiger partial charge in [0.25, 0.3) is 0 Å². The van der Waals surface area contributed by atoms with Crippen molar-refractivity contribution in [3.63, 3.8) is 0 Å². The normalized spacial score (nSPS) is 15.8. The van der Waals surface area contributed by atoms with E-state index in [1.54, 1.807) is 18.9 Å². The topological polar surface area (TPSA) is 60.9 Å². The lowest BCUT2D eigenvalue weighted by atomic mass is 10.0. The molecule has 5 heteroatoms. The van der Waals surface area contributed by atoms with E-state index in [4.69, 9.17) is 5.11 Å². The first-order valence-corrected chi connectivity index (χ1v) is 6.79. The Bertz CT molecular complexity index is 516. The highest BCUT2D eigenvalue weighted by Gasteiger charge is 2.27. The molecule has 0 aliphatic carbocycles. The quantitative estimate of drug-likeness (QED) is 0.885. The first-order chi connectivity index (χ1) is 9.54. The number of anilines is 1. The zero-order chi connectivity index (χ0) is 14.7. The highest BCUT2D eigenvalue weighted by atomic mass is 16.3. The minimum Gasteiger partial charge on any atom is -0.394 e. The van der Waals surface area contributed by atoms with Crippen LogP contribution in [0.4, 0.5) is 5.69 Å². The molecule has 108 valence electrons. The summed E-state index contributed by atoms with van der Waals surface area (Å²) in [6.07, 6.45) is 1.16. The average molecular weight is 276 g/mol. The Morgan fingerprint density at radius 2 is 2.10 bits per heavy atom. The van der Waals surface area contributed by atoms with Gasteiger partial charge >= 0.3 is 0 Å². The van der Waals surface area contributed by atoms with E-state index in [0.29, 0.717) is 6.42 Å². The maximum absolute atomic E-state index is 12.2. The smallest absolute Gasteiger partial charge is 0.242 e. The van der Waals surface area contributed by atoms with Gasteiger partial charge in [0.1, 0.15) is 6.54 Å². The molecule has 1 aromatic rings. The van der Waals surface area contributed by atoms with Crippen LogP contribution in [0.15, 0.2) is 24.3 Å². The molecule has 1 aromatic carbocycles. The van der Waals surface area contributed by atoms with E-state index >= 15 is 0 Å². The summed E-state index contributed by atoms with van der Waals surface area (Å²) in [4.78, 5) is 27.3. The van der Waals surface area contributed by atoms with Gasteiger partial charge in [0.05, 0.1) is 12.6 Å². The predicted molar refractivity (Wildman–Crippen MR) is 76.4 cm³/mol. The molecular formula is C15H20N2O3. The molecule has 0 spiro atoms. The van der Waals surface area contributed by atoms with Crippen LogP contribution in [-0.2, 0) is 16.0 Å². The van der Waals surface area contributed by atoms with E-state index in [1.807, 2.05) is 24.3 Å². The van der Waals surface area contributed by atoms with E-state index in [1.165, 1.54) is 4.90 Å². The number of hydrogen-bond acceptors (Lipinski definition) is 3. The number of carbonyl (C=O) groups excluding carboxylic acids is 2. The van der Waals surface area contributed by atoms with Crippen LogP contribution in [0.5, 0.6) is 0 Å². The van der Waals surface area contributed by atoms with Crippen LogP contribution in [-0.4, -0.2) is 48.1 Å². The molecule has 0 saturated heterocycles. The molecule has 1 atom stereocenters. The number of hydrogen-bond donors (Lipinski definition) is 1. The summed E-state index contributed by atoms with van der Waals surface area (Å²) in [5, 5.41) is 9.10. The standard InChI is InChI=1S/C15H20N2O3/c1-11(10-18)16(2)15(20)9-17-13-6-4-3-5-12(13)7-8-14(17)19/h3-6,11,18H,7-10H2,1-2H3. The molecule has 20 heavy (non-hydrogen) atoms. The maximum Gasteiger partial charge on any atom is 0.242 e. The van der Waals surface area contributed by atoms with Crippen LogP contribution in [0.25, 0.3) is 0 Å². The predicted octanol–water partition coefficient (Wildman–Crippen LogP) is 0.805. The lowest BCUT2D eigenvalue weighted by Crippen LogP contribution is -2.46. The Hall–Kier alpha value is -1.88. The third-order valence-corrected chi connectivity index (χ3v) is 3.80. The fourth-order valence-electron chi connectivity index (χ4n) is 2.28. The van der Waals surface area contributed by atoms with Crippen molar-refractivity contribution in [2.75, 3.05) is 25.1 Å². The van der Waals surface area contributed by atoms with Crippen molar-refractivity contribution in [3.05, 3.63) is 29.8 Å². The first kappa shape index (κ1) is 14.5. The van der Waals surface area contributed by atoms with E-state index in [0.717, 1.165) is 17.7 Å². The van der Waals surface area contributed by atoms with Gasteiger partial charge in [-0.05, 0) is 25.0 Å². The number of aryl methyl sites for hydroxylation is 1. The van der Waals surface area contributed by atoms with Crippen LogP contribution in [0.3, 0.4) is 0 Å². The Morgan fingerprint density at radius 1 is 1.40 bits per heavy atom. The van der Waals surface area contributed by atoms with Crippen LogP contribution < -0.4 is 4.90 Å². The summed E-state index contributed by atoms with van der Waals surface area (Å²) in [5.41, 5.74) is 1.92. The second-order valence-corrected chi connectivity index (χ2v) is 5.14. The van der Waals surface area contributed by atoms with E-state index in [9.17, 15) is 9.59 Å². The van der Waals surface area contributed by atoms with Gasteiger partial charge in [0.15, 0.2) is 0 Å². The lowest BCUT2D eigenvalue weighted by Gasteiger charge is -2.31. The molecule has 0 radical (unpaired) electrons. The third kappa shape index (κ3) is 2.82. The molecule has 1 heterocycles. The van der Waals surface area contributed by atoms with Gasteiger partial charge in [-0.3, -0.25) is 9.59 Å². The Labute approximate surface area is 118 Å². The largest absolute Gasteiger partial charge is 0.394 e. The summed E-state index contributed by atoms with van der Waals surface area (Å²) in [5.74, 6) is -0.196. The number of nitrogens with zero attached hydrogens (tertiary/aromatic N) is 2. The van der Waals surface area contributed by atoms with Gasteiger partial charge in [-0.2, -0.15) is 0 Å². The highest BCUT2D eigenvalue weighted by Crippen LogP contribution is 2.27. The number of aliphatic hydroxyl groups is 1. The van der Waals surface area contributed by atoms with Gasteiger partial charge in [0.2, 0.25) is 11.8 Å². The van der Waals surface area contributed by atoms with Crippen LogP contribution in [0.1, 0.15) is 18.9 Å². The van der Waals surface area contributed by atoms with Crippen molar-refractivity contribution in [2.24, 2.45) is 0 Å². The summed E-state index contributed by atoms with van der Waals surface area (Å²) in [6, 6.07) is 7.41. The minimum atomic E-state index is -0.252. The fraction of sp³-hybridized carbons (Fsp3) is 0.467. The summed E-state index contributed by atoms with van der Waals surface area (Å²) in [7, 11) is 1.64. The highest BCUT2D eigenvalue weighted by molar-refractivity contribution is 6.01. The molecule has 1 unspecified atom stereocenters. The second-order valence-electron chi connectivity index (χ2n) is 5.14. The molecular weight excluding hydrogens is 256 g/mol. The molecule has 1 aliphatic rings. The van der Waals surface area contributed by atoms with Crippen LogP contribution >= 0.6 is 0 Å². The van der Waals surface area contributed by atoms with Crippen molar-refractivity contribution in [3.8, 4) is 0 Å². The number of rotatable bonds is 4. The van der Waals surface area contributed by atoms with Crippen molar-refractivity contribution in [1.29, 1.82) is 0 Å². The summed E-state index contributed by atoms with van der Waals surface area (Å²) in [6.45, 7) is 1.70. The maximum atomic E-state index is 12.2. The van der Waals surface area contributed by atoms with Crippen molar-refractivity contribution < 1.29 is 14.7 Å². The number of aliphatic hydroxyl groups excluding tert-OH is 1. The van der Waals surface area contributed by atoms with Crippen LogP contribution in [0, 0.1) is 0 Å². The van der Waals surface area contributed by atoms with Gasteiger partial charge < -0.3 is 14.9 Å². The zero-order valence-electron chi connectivity index (χ0n) is 11.9. The molecule has 0 saturated carbocycles. The van der Waals surface area contributed by atoms with Gasteiger partial charge in [-0.1, -0.05) is 18.2 Å². The Balaban J connectivity index is 2.16. The molecule has 0 aromatic heterocycles. The fourth-order valence-corrected chi connectivity index (χ4v) is 2.28. The average Bonchev–Trinajstić information content (AvgIpc) is 2.48. The molecule has 0 fully saturated rings. The van der Waals surface area contributed by atoms with Crippen molar-refractivity contribution >= 4 is 17.5 Å². The summed E-state index contributed by atoms with van der Waals surface area (Å²) >= 11 is 0. The molecule has 1 aliphatic heterocycles. The lowest BCUT2D eigenvalue weighted by molar-refractivity contribution is -0.132.